The summed E-state index contributed by atoms with van der Waals surface area (Å²) in [7, 11) is 0. The van der Waals surface area contributed by atoms with E-state index in [0.717, 1.165) is 23.2 Å². The van der Waals surface area contributed by atoms with Crippen molar-refractivity contribution in [3.8, 4) is 11.8 Å². The third-order valence-electron chi connectivity index (χ3n) is 4.42. The summed E-state index contributed by atoms with van der Waals surface area (Å²) in [6, 6.07) is 25.9. The lowest BCUT2D eigenvalue weighted by atomic mass is 10.1. The Hall–Kier alpha value is -3.51. The van der Waals surface area contributed by atoms with Gasteiger partial charge in [0, 0.05) is 23.4 Å². The lowest BCUT2D eigenvalue weighted by Crippen LogP contribution is -2.31. The Kier molecular flexibility index (Phi) is 6.87. The van der Waals surface area contributed by atoms with Crippen LogP contribution in [0.5, 0.6) is 0 Å². The van der Waals surface area contributed by atoms with Gasteiger partial charge in [-0.2, -0.15) is 0 Å². The van der Waals surface area contributed by atoms with Crippen LogP contribution in [0, 0.1) is 18.8 Å². The highest BCUT2D eigenvalue weighted by Gasteiger charge is 2.02. The van der Waals surface area contributed by atoms with E-state index in [1.807, 2.05) is 66.7 Å². The van der Waals surface area contributed by atoms with E-state index in [0.29, 0.717) is 6.54 Å². The van der Waals surface area contributed by atoms with Gasteiger partial charge in [-0.15, -0.1) is 0 Å². The third kappa shape index (κ3) is 6.03. The molecular weight excluding hydrogens is 344 g/mol. The predicted molar refractivity (Wildman–Crippen MR) is 115 cm³/mol. The van der Waals surface area contributed by atoms with Crippen molar-refractivity contribution >= 4 is 11.6 Å². The molecule has 0 atom stereocenters. The summed E-state index contributed by atoms with van der Waals surface area (Å²) >= 11 is 0. The minimum atomic E-state index is -0.0191. The van der Waals surface area contributed by atoms with E-state index in [1.54, 1.807) is 0 Å². The first-order valence-corrected chi connectivity index (χ1v) is 9.43. The Morgan fingerprint density at radius 1 is 0.857 bits per heavy atom. The molecule has 0 fully saturated rings. The molecule has 0 radical (unpaired) electrons. The molecule has 3 rings (SSSR count). The van der Waals surface area contributed by atoms with Crippen molar-refractivity contribution < 1.29 is 4.79 Å². The summed E-state index contributed by atoms with van der Waals surface area (Å²) in [5.74, 6) is 6.28. The number of hydrogen-bond acceptors (Lipinski definition) is 2. The Morgan fingerprint density at radius 2 is 1.57 bits per heavy atom. The second-order valence-corrected chi connectivity index (χ2v) is 6.58. The van der Waals surface area contributed by atoms with E-state index < -0.39 is 0 Å². The molecule has 0 aromatic heterocycles. The molecule has 3 aromatic carbocycles. The molecule has 140 valence electrons. The molecule has 1 amide bonds. The van der Waals surface area contributed by atoms with Crippen LogP contribution in [0.25, 0.3) is 0 Å². The van der Waals surface area contributed by atoms with Gasteiger partial charge in [0.05, 0.1) is 6.54 Å². The van der Waals surface area contributed by atoms with Crippen molar-refractivity contribution in [1.82, 2.24) is 5.32 Å². The van der Waals surface area contributed by atoms with Gasteiger partial charge >= 0.3 is 0 Å². The number of hydrogen-bond donors (Lipinski definition) is 2. The maximum Gasteiger partial charge on any atom is 0.239 e. The number of benzene rings is 3. The molecule has 3 aromatic rings. The summed E-state index contributed by atoms with van der Waals surface area (Å²) in [6.07, 6.45) is 0.836. The molecule has 28 heavy (non-hydrogen) atoms. The normalized spacial score (nSPS) is 9.89. The molecule has 0 bridgehead atoms. The van der Waals surface area contributed by atoms with Gasteiger partial charge in [0.15, 0.2) is 0 Å². The average Bonchev–Trinajstić information content (AvgIpc) is 2.73. The molecule has 0 spiro atoms. The van der Waals surface area contributed by atoms with Crippen LogP contribution >= 0.6 is 0 Å². The first-order valence-electron chi connectivity index (χ1n) is 9.43. The SMILES string of the molecule is Cc1ccccc1CCNC(=O)CNc1cccc(C#Cc2ccccc2)c1. The van der Waals surface area contributed by atoms with E-state index in [2.05, 4.69) is 41.5 Å². The fourth-order valence-corrected chi connectivity index (χ4v) is 2.84. The van der Waals surface area contributed by atoms with Crippen LogP contribution in [0.1, 0.15) is 22.3 Å². The van der Waals surface area contributed by atoms with Gasteiger partial charge in [0.2, 0.25) is 5.91 Å². The molecule has 3 heteroatoms. The zero-order chi connectivity index (χ0) is 19.6. The van der Waals surface area contributed by atoms with E-state index >= 15 is 0 Å². The van der Waals surface area contributed by atoms with Gasteiger partial charge in [0.25, 0.3) is 0 Å². The Morgan fingerprint density at radius 3 is 2.39 bits per heavy atom. The first kappa shape index (κ1) is 19.3. The average molecular weight is 368 g/mol. The van der Waals surface area contributed by atoms with Crippen LogP contribution in [-0.4, -0.2) is 19.0 Å². The topological polar surface area (TPSA) is 41.1 Å². The van der Waals surface area contributed by atoms with Crippen molar-refractivity contribution in [2.45, 2.75) is 13.3 Å². The zero-order valence-electron chi connectivity index (χ0n) is 16.0. The Balaban J connectivity index is 1.47. The molecular formula is C25H24N2O. The van der Waals surface area contributed by atoms with E-state index in [1.165, 1.54) is 11.1 Å². The highest BCUT2D eigenvalue weighted by atomic mass is 16.1. The zero-order valence-corrected chi connectivity index (χ0v) is 16.0. The van der Waals surface area contributed by atoms with Crippen LogP contribution in [-0.2, 0) is 11.2 Å². The van der Waals surface area contributed by atoms with Gasteiger partial charge in [0.1, 0.15) is 0 Å². The predicted octanol–water partition coefficient (Wildman–Crippen LogP) is 4.17. The molecule has 0 saturated carbocycles. The summed E-state index contributed by atoms with van der Waals surface area (Å²) in [5.41, 5.74) is 5.29. The van der Waals surface area contributed by atoms with Crippen molar-refractivity contribution in [2.24, 2.45) is 0 Å². The monoisotopic (exact) mass is 368 g/mol. The van der Waals surface area contributed by atoms with Crippen molar-refractivity contribution in [1.29, 1.82) is 0 Å². The Bertz CT molecular complexity index is 984. The number of anilines is 1. The largest absolute Gasteiger partial charge is 0.376 e. The summed E-state index contributed by atoms with van der Waals surface area (Å²) in [6.45, 7) is 2.96. The molecule has 0 heterocycles. The summed E-state index contributed by atoms with van der Waals surface area (Å²) < 4.78 is 0. The van der Waals surface area contributed by atoms with Crippen molar-refractivity contribution in [3.63, 3.8) is 0 Å². The number of rotatable bonds is 6. The lowest BCUT2D eigenvalue weighted by molar-refractivity contribution is -0.119. The van der Waals surface area contributed by atoms with Gasteiger partial charge in [-0.3, -0.25) is 4.79 Å². The molecule has 0 unspecified atom stereocenters. The molecule has 0 aliphatic heterocycles. The number of carbonyl (C=O) groups is 1. The van der Waals surface area contributed by atoms with Gasteiger partial charge in [-0.25, -0.2) is 0 Å². The fraction of sp³-hybridized carbons (Fsp3) is 0.160. The second kappa shape index (κ2) is 9.99. The minimum absolute atomic E-state index is 0.0191. The van der Waals surface area contributed by atoms with Crippen LogP contribution in [0.3, 0.4) is 0 Å². The second-order valence-electron chi connectivity index (χ2n) is 6.58. The molecule has 0 aliphatic carbocycles. The minimum Gasteiger partial charge on any atom is -0.376 e. The van der Waals surface area contributed by atoms with Gasteiger partial charge < -0.3 is 10.6 Å². The van der Waals surface area contributed by atoms with Crippen LogP contribution in [0.2, 0.25) is 0 Å². The fourth-order valence-electron chi connectivity index (χ4n) is 2.84. The molecule has 0 saturated heterocycles. The van der Waals surface area contributed by atoms with Gasteiger partial charge in [-0.1, -0.05) is 60.4 Å². The number of carbonyl (C=O) groups excluding carboxylic acids is 1. The smallest absolute Gasteiger partial charge is 0.239 e. The van der Waals surface area contributed by atoms with Crippen LogP contribution in [0.4, 0.5) is 5.69 Å². The maximum absolute atomic E-state index is 12.1. The number of aryl methyl sites for hydroxylation is 1. The van der Waals surface area contributed by atoms with Crippen LogP contribution in [0.15, 0.2) is 78.9 Å². The number of nitrogens with one attached hydrogen (secondary N) is 2. The van der Waals surface area contributed by atoms with Gasteiger partial charge in [-0.05, 0) is 54.8 Å². The number of amides is 1. The Labute approximate surface area is 166 Å². The quantitative estimate of drug-likeness (QED) is 0.641. The third-order valence-corrected chi connectivity index (χ3v) is 4.42. The van der Waals surface area contributed by atoms with E-state index in [4.69, 9.17) is 0 Å². The highest BCUT2D eigenvalue weighted by molar-refractivity contribution is 5.80. The molecule has 3 nitrogen and oxygen atoms in total. The summed E-state index contributed by atoms with van der Waals surface area (Å²) in [4.78, 5) is 12.1. The first-order chi connectivity index (χ1) is 13.7. The lowest BCUT2D eigenvalue weighted by Gasteiger charge is -2.09. The van der Waals surface area contributed by atoms with E-state index in [9.17, 15) is 4.79 Å². The standard InChI is InChI=1S/C25H24N2O/c1-20-8-5-6-12-23(20)16-17-26-25(28)19-27-24-13-7-11-22(18-24)15-14-21-9-3-2-4-10-21/h2-13,18,27H,16-17,19H2,1H3,(H,26,28). The maximum atomic E-state index is 12.1. The van der Waals surface area contributed by atoms with E-state index in [-0.39, 0.29) is 12.5 Å². The highest BCUT2D eigenvalue weighted by Crippen LogP contribution is 2.10. The van der Waals surface area contributed by atoms with Crippen molar-refractivity contribution in [2.75, 3.05) is 18.4 Å². The van der Waals surface area contributed by atoms with Crippen LogP contribution < -0.4 is 10.6 Å². The summed E-state index contributed by atoms with van der Waals surface area (Å²) in [5, 5.41) is 6.12. The molecule has 2 N–H and O–H groups in total. The van der Waals surface area contributed by atoms with Crippen molar-refractivity contribution in [3.05, 3.63) is 101 Å². The molecule has 0 aliphatic rings.